The first kappa shape index (κ1) is 21.0. The van der Waals surface area contributed by atoms with Gasteiger partial charge in [-0.25, -0.2) is 9.37 Å². The van der Waals surface area contributed by atoms with Crippen LogP contribution in [0.3, 0.4) is 0 Å². The van der Waals surface area contributed by atoms with Crippen LogP contribution in [0.15, 0.2) is 29.1 Å². The largest absolute Gasteiger partial charge is 0.419 e. The van der Waals surface area contributed by atoms with E-state index in [2.05, 4.69) is 10.3 Å². The highest BCUT2D eigenvalue weighted by molar-refractivity contribution is 7.17. The average molecular weight is 427 g/mol. The maximum atomic E-state index is 14.3. The molecule has 0 spiro atoms. The Balaban J connectivity index is 1.97. The topological polar surface area (TPSA) is 63.5 Å². The number of thiazole rings is 1. The molecule has 29 heavy (non-hydrogen) atoms. The minimum absolute atomic E-state index is 0.165. The maximum Gasteiger partial charge on any atom is 0.419 e. The summed E-state index contributed by atoms with van der Waals surface area (Å²) in [6, 6.07) is 4.22. The lowest BCUT2D eigenvalue weighted by Crippen LogP contribution is -2.21. The van der Waals surface area contributed by atoms with Gasteiger partial charge in [-0.2, -0.15) is 13.2 Å². The molecular formula is C19H17F4N3O2S. The molecule has 2 heterocycles. The van der Waals surface area contributed by atoms with Gasteiger partial charge < -0.3 is 5.32 Å². The van der Waals surface area contributed by atoms with Gasteiger partial charge in [-0.05, 0) is 25.0 Å². The third-order valence-corrected chi connectivity index (χ3v) is 5.48. The summed E-state index contributed by atoms with van der Waals surface area (Å²) in [6.45, 7) is 1.80. The van der Waals surface area contributed by atoms with Gasteiger partial charge in [0.25, 0.3) is 5.56 Å². The number of carbonyl (C=O) groups excluding carboxylic acids is 1. The molecule has 0 saturated heterocycles. The second-order valence-corrected chi connectivity index (χ2v) is 7.62. The van der Waals surface area contributed by atoms with Crippen molar-refractivity contribution >= 4 is 22.2 Å². The van der Waals surface area contributed by atoms with Crippen LogP contribution >= 0.6 is 11.3 Å². The smallest absolute Gasteiger partial charge is 0.359 e. The van der Waals surface area contributed by atoms with Gasteiger partial charge in [-0.1, -0.05) is 12.1 Å². The van der Waals surface area contributed by atoms with Crippen molar-refractivity contribution in [3.8, 4) is 0 Å². The van der Waals surface area contributed by atoms with E-state index in [4.69, 9.17) is 0 Å². The molecule has 0 radical (unpaired) electrons. The SMILES string of the molecule is CNC(=O)CCc1c(C)sc2nc(Cc3cccc(C(F)(F)F)c3F)cc(=O)n12. The fraction of sp³-hybridized carbons (Fsp3) is 0.316. The van der Waals surface area contributed by atoms with Crippen molar-refractivity contribution < 1.29 is 22.4 Å². The molecule has 10 heteroatoms. The summed E-state index contributed by atoms with van der Waals surface area (Å²) in [5.74, 6) is -1.53. The molecule has 0 aliphatic carbocycles. The van der Waals surface area contributed by atoms with Crippen LogP contribution in [0.4, 0.5) is 17.6 Å². The van der Waals surface area contributed by atoms with E-state index in [1.54, 1.807) is 6.92 Å². The molecule has 0 atom stereocenters. The number of nitrogens with zero attached hydrogens (tertiary/aromatic N) is 2. The first-order valence-electron chi connectivity index (χ1n) is 8.68. The van der Waals surface area contributed by atoms with Crippen LogP contribution in [-0.2, 0) is 23.8 Å². The number of hydrogen-bond donors (Lipinski definition) is 1. The third-order valence-electron chi connectivity index (χ3n) is 4.49. The minimum atomic E-state index is -4.80. The van der Waals surface area contributed by atoms with Crippen LogP contribution in [0.5, 0.6) is 0 Å². The molecule has 154 valence electrons. The number of carbonyl (C=O) groups is 1. The third kappa shape index (κ3) is 4.31. The average Bonchev–Trinajstić information content (AvgIpc) is 2.96. The number of halogens is 4. The van der Waals surface area contributed by atoms with E-state index >= 15 is 0 Å². The van der Waals surface area contributed by atoms with Crippen LogP contribution in [0.1, 0.15) is 33.8 Å². The molecule has 2 aromatic heterocycles. The number of alkyl halides is 3. The maximum absolute atomic E-state index is 14.3. The normalized spacial score (nSPS) is 11.8. The lowest BCUT2D eigenvalue weighted by atomic mass is 10.0. The zero-order valence-electron chi connectivity index (χ0n) is 15.6. The van der Waals surface area contributed by atoms with Crippen LogP contribution in [0, 0.1) is 12.7 Å². The predicted octanol–water partition coefficient (Wildman–Crippen LogP) is 3.49. The number of fused-ring (bicyclic) bond motifs is 1. The van der Waals surface area contributed by atoms with E-state index in [0.717, 1.165) is 10.9 Å². The zero-order chi connectivity index (χ0) is 21.3. The Labute approximate surface area is 167 Å². The first-order valence-corrected chi connectivity index (χ1v) is 9.49. The van der Waals surface area contributed by atoms with E-state index in [1.807, 2.05) is 0 Å². The summed E-state index contributed by atoms with van der Waals surface area (Å²) in [5, 5.41) is 2.51. The number of aromatic nitrogens is 2. The summed E-state index contributed by atoms with van der Waals surface area (Å²) in [7, 11) is 1.52. The quantitative estimate of drug-likeness (QED) is 0.634. The summed E-state index contributed by atoms with van der Waals surface area (Å²) in [4.78, 5) is 29.6. The van der Waals surface area contributed by atoms with Gasteiger partial charge in [-0.3, -0.25) is 14.0 Å². The highest BCUT2D eigenvalue weighted by Crippen LogP contribution is 2.33. The van der Waals surface area contributed by atoms with Crippen LogP contribution in [-0.4, -0.2) is 22.3 Å². The van der Waals surface area contributed by atoms with Crippen LogP contribution in [0.25, 0.3) is 4.96 Å². The Bertz CT molecular complexity index is 1130. The first-order chi connectivity index (χ1) is 13.6. The summed E-state index contributed by atoms with van der Waals surface area (Å²) >= 11 is 1.23. The number of amides is 1. The molecule has 5 nitrogen and oxygen atoms in total. The molecule has 0 saturated carbocycles. The number of nitrogens with one attached hydrogen (secondary N) is 1. The Morgan fingerprint density at radius 3 is 2.69 bits per heavy atom. The predicted molar refractivity (Wildman–Crippen MR) is 101 cm³/mol. The molecule has 0 fully saturated rings. The Hall–Kier alpha value is -2.75. The molecule has 0 bridgehead atoms. The molecule has 3 aromatic rings. The van der Waals surface area contributed by atoms with E-state index in [-0.39, 0.29) is 30.0 Å². The number of hydrogen-bond acceptors (Lipinski definition) is 4. The highest BCUT2D eigenvalue weighted by atomic mass is 32.1. The lowest BCUT2D eigenvalue weighted by molar-refractivity contribution is -0.140. The Morgan fingerprint density at radius 1 is 1.31 bits per heavy atom. The highest BCUT2D eigenvalue weighted by Gasteiger charge is 2.34. The van der Waals surface area contributed by atoms with Crippen LogP contribution < -0.4 is 10.9 Å². The van der Waals surface area contributed by atoms with Crippen molar-refractivity contribution in [1.82, 2.24) is 14.7 Å². The van der Waals surface area contributed by atoms with Gasteiger partial charge in [0.1, 0.15) is 5.82 Å². The van der Waals surface area contributed by atoms with Crippen LogP contribution in [0.2, 0.25) is 0 Å². The molecule has 1 amide bonds. The van der Waals surface area contributed by atoms with Gasteiger partial charge in [0.15, 0.2) is 4.96 Å². The molecule has 1 aromatic carbocycles. The van der Waals surface area contributed by atoms with Gasteiger partial charge >= 0.3 is 6.18 Å². The number of rotatable bonds is 5. The molecule has 0 aliphatic heterocycles. The number of aryl methyl sites for hydroxylation is 2. The van der Waals surface area contributed by atoms with Gasteiger partial charge in [0, 0.05) is 36.5 Å². The zero-order valence-corrected chi connectivity index (χ0v) is 16.4. The number of benzene rings is 1. The van der Waals surface area contributed by atoms with Gasteiger partial charge in [0.05, 0.1) is 11.3 Å². The summed E-state index contributed by atoms with van der Waals surface area (Å²) in [6.07, 6.45) is -4.50. The van der Waals surface area contributed by atoms with E-state index in [1.165, 1.54) is 34.9 Å². The fourth-order valence-corrected chi connectivity index (χ4v) is 4.08. The summed E-state index contributed by atoms with van der Waals surface area (Å²) in [5.41, 5.74) is -1.13. The van der Waals surface area contributed by atoms with Crippen molar-refractivity contribution in [2.75, 3.05) is 7.05 Å². The van der Waals surface area contributed by atoms with Gasteiger partial charge in [0.2, 0.25) is 5.91 Å². The Morgan fingerprint density at radius 2 is 2.03 bits per heavy atom. The van der Waals surface area contributed by atoms with E-state index in [0.29, 0.717) is 23.1 Å². The van der Waals surface area contributed by atoms with Crippen molar-refractivity contribution in [3.05, 3.63) is 67.8 Å². The lowest BCUT2D eigenvalue weighted by Gasteiger charge is -2.11. The van der Waals surface area contributed by atoms with E-state index in [9.17, 15) is 27.2 Å². The Kier molecular flexibility index (Phi) is 5.74. The van der Waals surface area contributed by atoms with E-state index < -0.39 is 23.1 Å². The molecular weight excluding hydrogens is 410 g/mol. The van der Waals surface area contributed by atoms with Crippen molar-refractivity contribution in [3.63, 3.8) is 0 Å². The molecule has 0 aliphatic rings. The molecule has 3 rings (SSSR count). The minimum Gasteiger partial charge on any atom is -0.359 e. The van der Waals surface area contributed by atoms with Gasteiger partial charge in [-0.15, -0.1) is 11.3 Å². The second-order valence-electron chi connectivity index (χ2n) is 6.44. The molecule has 0 unspecified atom stereocenters. The van der Waals surface area contributed by atoms with Crippen molar-refractivity contribution in [2.45, 2.75) is 32.4 Å². The fourth-order valence-electron chi connectivity index (χ4n) is 3.04. The standard InChI is InChI=1S/C19H17F4N3O2S/c1-10-14(6-7-15(27)24-2)26-16(28)9-12(25-18(26)29-10)8-11-4-3-5-13(17(11)20)19(21,22)23/h3-5,9H,6-8H2,1-2H3,(H,24,27). The second kappa shape index (κ2) is 7.94. The van der Waals surface area contributed by atoms with Crippen molar-refractivity contribution in [2.24, 2.45) is 0 Å². The molecule has 1 N–H and O–H groups in total. The summed E-state index contributed by atoms with van der Waals surface area (Å²) < 4.78 is 54.4. The monoisotopic (exact) mass is 427 g/mol. The van der Waals surface area contributed by atoms with Crippen molar-refractivity contribution in [1.29, 1.82) is 0 Å².